The molecule has 1 N–H and O–H groups in total. The number of amides is 2. The number of rotatable bonds is 5. The lowest BCUT2D eigenvalue weighted by atomic mass is 10.1. The van der Waals surface area contributed by atoms with Gasteiger partial charge in [0.05, 0.1) is 5.69 Å². The van der Waals surface area contributed by atoms with Crippen LogP contribution in [0.1, 0.15) is 41.0 Å². The van der Waals surface area contributed by atoms with Crippen LogP contribution in [0.25, 0.3) is 0 Å². The molecule has 2 atom stereocenters. The van der Waals surface area contributed by atoms with Crippen LogP contribution in [0.2, 0.25) is 0 Å². The standard InChI is InChI=1S/C24H26FN3O3/c1-15-12-20(15)23(30)26-19-5-3-4-18(13-19)24(31)28-10-8-27(9-11-28)22-7-6-17(16(2)29)14-21(22)25/h3-7,13-15,20H,8-12H2,1-2H3,(H,26,30). The van der Waals surface area contributed by atoms with Crippen LogP contribution in [0.15, 0.2) is 42.5 Å². The molecule has 2 aromatic rings. The van der Waals surface area contributed by atoms with E-state index in [9.17, 15) is 18.8 Å². The summed E-state index contributed by atoms with van der Waals surface area (Å²) in [6.45, 7) is 5.38. The molecule has 1 saturated carbocycles. The van der Waals surface area contributed by atoms with E-state index in [0.717, 1.165) is 6.42 Å². The Bertz CT molecular complexity index is 1030. The lowest BCUT2D eigenvalue weighted by Crippen LogP contribution is -2.49. The highest BCUT2D eigenvalue weighted by molar-refractivity contribution is 5.98. The summed E-state index contributed by atoms with van der Waals surface area (Å²) in [4.78, 5) is 40.2. The molecule has 0 spiro atoms. The number of ketones is 1. The van der Waals surface area contributed by atoms with E-state index in [0.29, 0.717) is 54.6 Å². The fraction of sp³-hybridized carbons (Fsp3) is 0.375. The minimum absolute atomic E-state index is 0.00327. The van der Waals surface area contributed by atoms with Gasteiger partial charge in [-0.3, -0.25) is 14.4 Å². The van der Waals surface area contributed by atoms with E-state index in [4.69, 9.17) is 0 Å². The number of carbonyl (C=O) groups is 3. The van der Waals surface area contributed by atoms with Crippen molar-refractivity contribution in [1.82, 2.24) is 4.90 Å². The molecule has 0 aromatic heterocycles. The molecule has 1 aliphatic carbocycles. The van der Waals surface area contributed by atoms with Gasteiger partial charge in [-0.15, -0.1) is 0 Å². The third-order valence-corrected chi connectivity index (χ3v) is 6.09. The second kappa shape index (κ2) is 8.49. The lowest BCUT2D eigenvalue weighted by Gasteiger charge is -2.36. The van der Waals surface area contributed by atoms with E-state index >= 15 is 0 Å². The van der Waals surface area contributed by atoms with E-state index in [1.165, 1.54) is 13.0 Å². The summed E-state index contributed by atoms with van der Waals surface area (Å²) in [7, 11) is 0. The van der Waals surface area contributed by atoms with Crippen LogP contribution in [-0.4, -0.2) is 48.7 Å². The minimum Gasteiger partial charge on any atom is -0.366 e. The van der Waals surface area contributed by atoms with Gasteiger partial charge in [-0.25, -0.2) is 4.39 Å². The van der Waals surface area contributed by atoms with Crippen LogP contribution < -0.4 is 10.2 Å². The molecule has 2 unspecified atom stereocenters. The molecule has 162 valence electrons. The Balaban J connectivity index is 1.38. The maximum absolute atomic E-state index is 14.4. The van der Waals surface area contributed by atoms with Gasteiger partial charge < -0.3 is 15.1 Å². The van der Waals surface area contributed by atoms with Gasteiger partial charge in [0.25, 0.3) is 5.91 Å². The summed E-state index contributed by atoms with van der Waals surface area (Å²) in [5.41, 5.74) is 1.93. The molecule has 1 saturated heterocycles. The molecule has 2 amide bonds. The van der Waals surface area contributed by atoms with Crippen molar-refractivity contribution < 1.29 is 18.8 Å². The topological polar surface area (TPSA) is 69.7 Å². The Morgan fingerprint density at radius 2 is 1.71 bits per heavy atom. The Hall–Kier alpha value is -3.22. The SMILES string of the molecule is CC(=O)c1ccc(N2CCN(C(=O)c3cccc(NC(=O)C4CC4C)c3)CC2)c(F)c1. The molecule has 1 heterocycles. The molecule has 6 nitrogen and oxygen atoms in total. The van der Waals surface area contributed by atoms with Gasteiger partial charge in [0.2, 0.25) is 5.91 Å². The van der Waals surface area contributed by atoms with Crippen molar-refractivity contribution in [1.29, 1.82) is 0 Å². The zero-order chi connectivity index (χ0) is 22.1. The van der Waals surface area contributed by atoms with Crippen LogP contribution in [-0.2, 0) is 4.79 Å². The lowest BCUT2D eigenvalue weighted by molar-refractivity contribution is -0.117. The number of piperazine rings is 1. The summed E-state index contributed by atoms with van der Waals surface area (Å²) >= 11 is 0. The second-order valence-electron chi connectivity index (χ2n) is 8.39. The first-order valence-electron chi connectivity index (χ1n) is 10.6. The highest BCUT2D eigenvalue weighted by Gasteiger charge is 2.39. The van der Waals surface area contributed by atoms with Crippen LogP contribution in [0.3, 0.4) is 0 Å². The summed E-state index contributed by atoms with van der Waals surface area (Å²) < 4.78 is 14.4. The number of anilines is 2. The maximum atomic E-state index is 14.4. The van der Waals surface area contributed by atoms with Crippen molar-refractivity contribution in [3.63, 3.8) is 0 Å². The summed E-state index contributed by atoms with van der Waals surface area (Å²) in [6.07, 6.45) is 0.910. The van der Waals surface area contributed by atoms with Gasteiger partial charge in [0.1, 0.15) is 5.82 Å². The smallest absolute Gasteiger partial charge is 0.254 e. The molecule has 0 bridgehead atoms. The predicted octanol–water partition coefficient (Wildman–Crippen LogP) is 3.59. The number of hydrogen-bond acceptors (Lipinski definition) is 4. The van der Waals surface area contributed by atoms with Crippen LogP contribution in [0.4, 0.5) is 15.8 Å². The van der Waals surface area contributed by atoms with E-state index in [1.807, 2.05) is 11.8 Å². The Morgan fingerprint density at radius 3 is 2.32 bits per heavy atom. The van der Waals surface area contributed by atoms with E-state index in [1.54, 1.807) is 41.3 Å². The molecule has 2 fully saturated rings. The molecule has 2 aliphatic rings. The van der Waals surface area contributed by atoms with Gasteiger partial charge in [0, 0.05) is 48.9 Å². The predicted molar refractivity (Wildman–Crippen MR) is 117 cm³/mol. The number of nitrogens with one attached hydrogen (secondary N) is 1. The van der Waals surface area contributed by atoms with Gasteiger partial charge in [-0.1, -0.05) is 13.0 Å². The molecular weight excluding hydrogens is 397 g/mol. The fourth-order valence-electron chi connectivity index (χ4n) is 3.97. The van der Waals surface area contributed by atoms with Crippen molar-refractivity contribution in [2.75, 3.05) is 36.4 Å². The van der Waals surface area contributed by atoms with Crippen molar-refractivity contribution in [3.8, 4) is 0 Å². The van der Waals surface area contributed by atoms with Crippen LogP contribution in [0, 0.1) is 17.7 Å². The third kappa shape index (κ3) is 4.60. The van der Waals surface area contributed by atoms with Gasteiger partial charge in [-0.2, -0.15) is 0 Å². The molecule has 0 radical (unpaired) electrons. The quantitative estimate of drug-likeness (QED) is 0.747. The Kier molecular flexibility index (Phi) is 5.76. The molecule has 7 heteroatoms. The largest absolute Gasteiger partial charge is 0.366 e. The highest BCUT2D eigenvalue weighted by Crippen LogP contribution is 2.38. The fourth-order valence-corrected chi connectivity index (χ4v) is 3.97. The first kappa shape index (κ1) is 21.0. The maximum Gasteiger partial charge on any atom is 0.254 e. The van der Waals surface area contributed by atoms with Crippen molar-refractivity contribution in [3.05, 3.63) is 59.4 Å². The second-order valence-corrected chi connectivity index (χ2v) is 8.39. The number of hydrogen-bond donors (Lipinski definition) is 1. The number of Topliss-reactive ketones (excluding diaryl/α,β-unsaturated/α-hetero) is 1. The zero-order valence-corrected chi connectivity index (χ0v) is 17.7. The van der Waals surface area contributed by atoms with Crippen LogP contribution in [0.5, 0.6) is 0 Å². The number of carbonyl (C=O) groups excluding carboxylic acids is 3. The average molecular weight is 423 g/mol. The molecule has 31 heavy (non-hydrogen) atoms. The first-order chi connectivity index (χ1) is 14.8. The van der Waals surface area contributed by atoms with Crippen molar-refractivity contribution in [2.45, 2.75) is 20.3 Å². The Morgan fingerprint density at radius 1 is 1.00 bits per heavy atom. The average Bonchev–Trinajstić information content (AvgIpc) is 3.50. The normalized spacial score (nSPS) is 20.4. The van der Waals surface area contributed by atoms with Gasteiger partial charge >= 0.3 is 0 Å². The zero-order valence-electron chi connectivity index (χ0n) is 17.7. The molecular formula is C24H26FN3O3. The number of benzene rings is 2. The van der Waals surface area contributed by atoms with Crippen molar-refractivity contribution >= 4 is 29.0 Å². The summed E-state index contributed by atoms with van der Waals surface area (Å²) in [5, 5.41) is 2.90. The van der Waals surface area contributed by atoms with E-state index in [2.05, 4.69) is 5.32 Å². The first-order valence-corrected chi connectivity index (χ1v) is 10.6. The Labute approximate surface area is 181 Å². The molecule has 4 rings (SSSR count). The van der Waals surface area contributed by atoms with Crippen molar-refractivity contribution in [2.24, 2.45) is 11.8 Å². The van der Waals surface area contributed by atoms with Gasteiger partial charge in [0.15, 0.2) is 5.78 Å². The monoisotopic (exact) mass is 423 g/mol. The van der Waals surface area contributed by atoms with E-state index in [-0.39, 0.29) is 23.5 Å². The molecule has 2 aromatic carbocycles. The highest BCUT2D eigenvalue weighted by atomic mass is 19.1. The number of halogens is 1. The minimum atomic E-state index is -0.430. The third-order valence-electron chi connectivity index (χ3n) is 6.09. The number of nitrogens with zero attached hydrogens (tertiary/aromatic N) is 2. The summed E-state index contributed by atoms with van der Waals surface area (Å²) in [6, 6.07) is 11.5. The van der Waals surface area contributed by atoms with Gasteiger partial charge in [-0.05, 0) is 55.7 Å². The van der Waals surface area contributed by atoms with Crippen LogP contribution >= 0.6 is 0 Å². The molecule has 1 aliphatic heterocycles. The summed E-state index contributed by atoms with van der Waals surface area (Å²) in [5.74, 6) is -0.222. The van der Waals surface area contributed by atoms with E-state index < -0.39 is 5.82 Å².